The first-order valence-electron chi connectivity index (χ1n) is 26.5. The highest BCUT2D eigenvalue weighted by Crippen LogP contribution is 2.09. The number of rotatable bonds is 45. The largest absolute Gasteiger partial charge is 0.394 e. The molecular formula is C63H97NO3. The molecule has 0 aromatic heterocycles. The highest BCUT2D eigenvalue weighted by atomic mass is 16.3. The van der Waals surface area contributed by atoms with Crippen molar-refractivity contribution in [1.82, 2.24) is 5.32 Å². The second kappa shape index (κ2) is 55.8. The van der Waals surface area contributed by atoms with E-state index in [9.17, 15) is 15.0 Å². The van der Waals surface area contributed by atoms with Gasteiger partial charge in [-0.3, -0.25) is 4.79 Å². The molecule has 3 N–H and O–H groups in total. The van der Waals surface area contributed by atoms with Crippen molar-refractivity contribution in [1.29, 1.82) is 0 Å². The van der Waals surface area contributed by atoms with Gasteiger partial charge in [-0.1, -0.05) is 228 Å². The summed E-state index contributed by atoms with van der Waals surface area (Å²) in [6.45, 7) is 4.12. The summed E-state index contributed by atoms with van der Waals surface area (Å²) in [5, 5.41) is 23.0. The van der Waals surface area contributed by atoms with Gasteiger partial charge in [-0.2, -0.15) is 0 Å². The number of carbonyl (C=O) groups excluding carboxylic acids is 1. The lowest BCUT2D eigenvalue weighted by atomic mass is 10.1. The first-order valence-corrected chi connectivity index (χ1v) is 26.5. The Bertz CT molecular complexity index is 1550. The minimum absolute atomic E-state index is 0.112. The van der Waals surface area contributed by atoms with Crippen molar-refractivity contribution in [3.05, 3.63) is 182 Å². The number of amides is 1. The zero-order chi connectivity index (χ0) is 48.5. The first-order chi connectivity index (χ1) is 33.2. The number of hydrogen-bond donors (Lipinski definition) is 3. The van der Waals surface area contributed by atoms with Gasteiger partial charge in [0, 0.05) is 6.42 Å². The van der Waals surface area contributed by atoms with Gasteiger partial charge in [0.2, 0.25) is 5.91 Å². The van der Waals surface area contributed by atoms with Gasteiger partial charge in [0.1, 0.15) is 0 Å². The molecule has 0 spiro atoms. The number of carbonyl (C=O) groups is 1. The van der Waals surface area contributed by atoms with Crippen molar-refractivity contribution in [2.45, 2.75) is 199 Å². The Balaban J connectivity index is 3.76. The van der Waals surface area contributed by atoms with Crippen LogP contribution in [-0.2, 0) is 4.79 Å². The van der Waals surface area contributed by atoms with Crippen molar-refractivity contribution in [3.8, 4) is 0 Å². The molecule has 2 unspecified atom stereocenters. The standard InChI is InChI=1S/C63H97NO3/c1-3-5-7-9-11-13-15-17-19-20-21-22-23-24-25-26-27-28-29-30-31-32-33-34-35-36-37-38-39-40-41-42-43-44-45-47-49-51-53-55-57-59-63(67)64-61(60-65)62(66)58-56-54-52-50-48-46-18-16-14-12-10-8-6-4-2/h5,7,11,13-14,16-17,19,21-22,24-25,27-28,30-31,33-34,36-37,39-40,42-43,45,47-48,50,56,58,61-62,65-66H,3-4,6,8-10,12,15,18,20,23,26,29,32,35,38,41,44,46,49,51-55,57,59-60H2,1-2H3,(H,64,67)/b7-5-,13-11-,16-14+,19-17-,22-21-,25-24-,28-27-,31-30-,34-33-,37-36-,40-39-,43-42-,47-45-,50-48+,58-56+. The van der Waals surface area contributed by atoms with Crippen molar-refractivity contribution >= 4 is 5.91 Å². The SMILES string of the molecule is CC/C=C\C/C=C\C/C=C\C/C=C\C/C=C\C/C=C\C/C=C\C/C=C\C/C=C\C/C=C\C/C=C\C/C=C\CCCCCCC(=O)NC(CO)C(O)/C=C/CC/C=C/CC/C=C/CCCCCC. The number of allylic oxidation sites excluding steroid dienone is 29. The molecule has 1 amide bonds. The molecule has 0 radical (unpaired) electrons. The van der Waals surface area contributed by atoms with Gasteiger partial charge in [-0.25, -0.2) is 0 Å². The van der Waals surface area contributed by atoms with E-state index in [-0.39, 0.29) is 12.5 Å². The summed E-state index contributed by atoms with van der Waals surface area (Å²) in [7, 11) is 0. The average molecular weight is 916 g/mol. The quantitative estimate of drug-likeness (QED) is 0.0421. The minimum Gasteiger partial charge on any atom is -0.394 e. The maximum Gasteiger partial charge on any atom is 0.220 e. The Hall–Kier alpha value is -4.51. The monoisotopic (exact) mass is 916 g/mol. The van der Waals surface area contributed by atoms with Gasteiger partial charge < -0.3 is 15.5 Å². The molecule has 67 heavy (non-hydrogen) atoms. The average Bonchev–Trinajstić information content (AvgIpc) is 3.33. The molecule has 0 heterocycles. The lowest BCUT2D eigenvalue weighted by Gasteiger charge is -2.19. The summed E-state index contributed by atoms with van der Waals surface area (Å²) in [5.41, 5.74) is 0. The summed E-state index contributed by atoms with van der Waals surface area (Å²) in [5.74, 6) is -0.112. The molecule has 0 aliphatic carbocycles. The van der Waals surface area contributed by atoms with E-state index in [2.05, 4.69) is 189 Å². The Morgan fingerprint density at radius 1 is 0.373 bits per heavy atom. The van der Waals surface area contributed by atoms with Crippen molar-refractivity contribution < 1.29 is 15.0 Å². The molecule has 0 fully saturated rings. The summed E-state index contributed by atoms with van der Waals surface area (Å²) < 4.78 is 0. The van der Waals surface area contributed by atoms with E-state index in [1.807, 2.05) is 6.08 Å². The van der Waals surface area contributed by atoms with Crippen molar-refractivity contribution in [2.24, 2.45) is 0 Å². The van der Waals surface area contributed by atoms with Crippen LogP contribution in [0.2, 0.25) is 0 Å². The number of nitrogens with one attached hydrogen (secondary N) is 1. The molecular weight excluding hydrogens is 819 g/mol. The molecule has 0 aliphatic rings. The van der Waals surface area contributed by atoms with Crippen LogP contribution in [0.25, 0.3) is 0 Å². The Kier molecular flexibility index (Phi) is 52.1. The van der Waals surface area contributed by atoms with Crippen LogP contribution >= 0.6 is 0 Å². The van der Waals surface area contributed by atoms with Gasteiger partial charge in [0.25, 0.3) is 0 Å². The van der Waals surface area contributed by atoms with Gasteiger partial charge in [0.15, 0.2) is 0 Å². The number of aliphatic hydroxyl groups excluding tert-OH is 2. The number of aliphatic hydroxyl groups is 2. The van der Waals surface area contributed by atoms with Crippen LogP contribution in [0.5, 0.6) is 0 Å². The highest BCUT2D eigenvalue weighted by Gasteiger charge is 2.17. The Labute approximate surface area is 412 Å². The van der Waals surface area contributed by atoms with Crippen LogP contribution in [0, 0.1) is 0 Å². The molecule has 0 bridgehead atoms. The van der Waals surface area contributed by atoms with Gasteiger partial charge in [-0.05, 0) is 135 Å². The second-order valence-corrected chi connectivity index (χ2v) is 16.8. The molecule has 0 aromatic rings. The number of hydrogen-bond acceptors (Lipinski definition) is 3. The highest BCUT2D eigenvalue weighted by molar-refractivity contribution is 5.76. The smallest absolute Gasteiger partial charge is 0.220 e. The summed E-state index contributed by atoms with van der Waals surface area (Å²) in [6.07, 6.45) is 93.1. The Morgan fingerprint density at radius 3 is 1.03 bits per heavy atom. The van der Waals surface area contributed by atoms with E-state index in [0.717, 1.165) is 135 Å². The van der Waals surface area contributed by atoms with E-state index in [0.29, 0.717) is 6.42 Å². The summed E-state index contributed by atoms with van der Waals surface area (Å²) in [4.78, 5) is 12.4. The fourth-order valence-electron chi connectivity index (χ4n) is 6.60. The van der Waals surface area contributed by atoms with Gasteiger partial charge in [0.05, 0.1) is 18.8 Å². The zero-order valence-electron chi connectivity index (χ0n) is 42.6. The van der Waals surface area contributed by atoms with Crippen molar-refractivity contribution in [3.63, 3.8) is 0 Å². The third kappa shape index (κ3) is 52.3. The van der Waals surface area contributed by atoms with E-state index in [1.165, 1.54) is 32.1 Å². The van der Waals surface area contributed by atoms with E-state index in [1.54, 1.807) is 6.08 Å². The van der Waals surface area contributed by atoms with Crippen LogP contribution in [0.4, 0.5) is 0 Å². The van der Waals surface area contributed by atoms with Gasteiger partial charge >= 0.3 is 0 Å². The molecule has 2 atom stereocenters. The van der Waals surface area contributed by atoms with Crippen LogP contribution in [0.3, 0.4) is 0 Å². The molecule has 4 heteroatoms. The molecule has 0 aromatic carbocycles. The second-order valence-electron chi connectivity index (χ2n) is 16.8. The van der Waals surface area contributed by atoms with Crippen LogP contribution in [0.15, 0.2) is 182 Å². The summed E-state index contributed by atoms with van der Waals surface area (Å²) >= 11 is 0. The predicted octanol–water partition coefficient (Wildman–Crippen LogP) is 17.7. The third-order valence-electron chi connectivity index (χ3n) is 10.6. The molecule has 372 valence electrons. The van der Waals surface area contributed by atoms with Crippen LogP contribution in [-0.4, -0.2) is 34.9 Å². The third-order valence-corrected chi connectivity index (χ3v) is 10.6. The lowest BCUT2D eigenvalue weighted by molar-refractivity contribution is -0.123. The minimum atomic E-state index is -0.894. The van der Waals surface area contributed by atoms with Crippen LogP contribution < -0.4 is 5.32 Å². The maximum atomic E-state index is 12.4. The number of unbranched alkanes of at least 4 members (excludes halogenated alkanes) is 10. The first kappa shape index (κ1) is 62.5. The fraction of sp³-hybridized carbons (Fsp3) is 0.508. The molecule has 0 saturated heterocycles. The predicted molar refractivity (Wildman–Crippen MR) is 298 cm³/mol. The lowest BCUT2D eigenvalue weighted by Crippen LogP contribution is -2.45. The van der Waals surface area contributed by atoms with E-state index in [4.69, 9.17) is 0 Å². The fourth-order valence-corrected chi connectivity index (χ4v) is 6.60. The van der Waals surface area contributed by atoms with E-state index < -0.39 is 12.1 Å². The van der Waals surface area contributed by atoms with Crippen LogP contribution in [0.1, 0.15) is 187 Å². The van der Waals surface area contributed by atoms with E-state index >= 15 is 0 Å². The molecule has 0 rings (SSSR count). The van der Waals surface area contributed by atoms with Crippen molar-refractivity contribution in [2.75, 3.05) is 6.61 Å². The maximum absolute atomic E-state index is 12.4. The summed E-state index contributed by atoms with van der Waals surface area (Å²) in [6, 6.07) is -0.672. The molecule has 0 saturated carbocycles. The zero-order valence-corrected chi connectivity index (χ0v) is 42.6. The topological polar surface area (TPSA) is 69.6 Å². The Morgan fingerprint density at radius 2 is 0.672 bits per heavy atom. The molecule has 0 aliphatic heterocycles. The normalized spacial score (nSPS) is 14.4. The molecule has 4 nitrogen and oxygen atoms in total. The van der Waals surface area contributed by atoms with Gasteiger partial charge in [-0.15, -0.1) is 0 Å².